The fraction of sp³-hybridized carbons (Fsp3) is 0.312. The van der Waals surface area contributed by atoms with E-state index in [0.29, 0.717) is 11.3 Å². The van der Waals surface area contributed by atoms with Crippen LogP contribution in [0.2, 0.25) is 0 Å². The number of Topliss-reactive ketones (excluding diaryl/α,β-unsaturated/α-hetero) is 1. The zero-order valence-electron chi connectivity index (χ0n) is 15.1. The van der Waals surface area contributed by atoms with Gasteiger partial charge in [-0.2, -0.15) is 0 Å². The summed E-state index contributed by atoms with van der Waals surface area (Å²) in [7, 11) is 1.46. The van der Waals surface area contributed by atoms with Crippen molar-refractivity contribution < 1.29 is 18.4 Å². The second-order valence-corrected chi connectivity index (χ2v) is 6.57. The predicted molar refractivity (Wildman–Crippen MR) is 99.4 cm³/mol. The second kappa shape index (κ2) is 8.27. The highest BCUT2D eigenvalue weighted by atomic mass is 32.2. The molecule has 28 heavy (non-hydrogen) atoms. The summed E-state index contributed by atoms with van der Waals surface area (Å²) in [6.45, 7) is 2.04. The molecular weight excluding hydrogens is 390 g/mol. The smallest absolute Gasteiger partial charge is 0.330 e. The minimum absolute atomic E-state index is 0.0996. The number of carbonyl (C=O) groups is 1. The molecular formula is C16H17N5O6S. The molecule has 148 valence electrons. The second-order valence-electron chi connectivity index (χ2n) is 5.64. The Kier molecular flexibility index (Phi) is 5.80. The molecule has 0 amide bonds. The lowest BCUT2D eigenvalue weighted by Gasteiger charge is -2.11. The van der Waals surface area contributed by atoms with E-state index < -0.39 is 17.0 Å². The number of nitrogens with one attached hydrogen (secondary N) is 1. The van der Waals surface area contributed by atoms with Gasteiger partial charge in [0.15, 0.2) is 5.78 Å². The van der Waals surface area contributed by atoms with Crippen LogP contribution in [0.4, 0.5) is 5.82 Å². The zero-order chi connectivity index (χ0) is 20.3. The van der Waals surface area contributed by atoms with E-state index in [9.17, 15) is 14.4 Å². The Hall–Kier alpha value is -3.12. The summed E-state index contributed by atoms with van der Waals surface area (Å²) in [6, 6.07) is 1.69. The fourth-order valence-corrected chi connectivity index (χ4v) is 3.08. The summed E-state index contributed by atoms with van der Waals surface area (Å²) in [5, 5.41) is 7.91. The van der Waals surface area contributed by atoms with E-state index >= 15 is 0 Å². The third kappa shape index (κ3) is 3.92. The van der Waals surface area contributed by atoms with Crippen LogP contribution in [0.25, 0.3) is 11.5 Å². The number of ketones is 1. The predicted octanol–water partition coefficient (Wildman–Crippen LogP) is 0.692. The number of aromatic nitrogens is 4. The number of nitrogens with zero attached hydrogens (tertiary/aromatic N) is 3. The largest absolute Gasteiger partial charge is 0.469 e. The van der Waals surface area contributed by atoms with Crippen molar-refractivity contribution in [1.29, 1.82) is 0 Å². The van der Waals surface area contributed by atoms with E-state index in [0.717, 1.165) is 16.3 Å². The van der Waals surface area contributed by atoms with Crippen molar-refractivity contribution in [3.8, 4) is 11.5 Å². The zero-order valence-corrected chi connectivity index (χ0v) is 15.9. The number of furan rings is 1. The molecule has 3 N–H and O–H groups in total. The van der Waals surface area contributed by atoms with Crippen LogP contribution in [0.5, 0.6) is 0 Å². The van der Waals surface area contributed by atoms with Crippen molar-refractivity contribution in [1.82, 2.24) is 19.7 Å². The maximum absolute atomic E-state index is 12.5. The van der Waals surface area contributed by atoms with E-state index in [1.807, 2.05) is 0 Å². The molecule has 0 spiro atoms. The first-order chi connectivity index (χ1) is 13.4. The molecule has 3 aromatic heterocycles. The van der Waals surface area contributed by atoms with Gasteiger partial charge in [0, 0.05) is 7.11 Å². The SMILES string of the molecule is COCCn1c(N)c(C(=O)CSc2nnc(-c3ccoc3C)o2)c(=O)[nH]c1=O. The summed E-state index contributed by atoms with van der Waals surface area (Å²) in [5.74, 6) is -0.0896. The van der Waals surface area contributed by atoms with Gasteiger partial charge in [-0.25, -0.2) is 4.79 Å². The highest BCUT2D eigenvalue weighted by molar-refractivity contribution is 7.99. The highest BCUT2D eigenvalue weighted by Gasteiger charge is 2.21. The Labute approximate surface area is 161 Å². The van der Waals surface area contributed by atoms with Gasteiger partial charge in [0.25, 0.3) is 16.7 Å². The van der Waals surface area contributed by atoms with Crippen LogP contribution < -0.4 is 17.0 Å². The van der Waals surface area contributed by atoms with Crippen molar-refractivity contribution >= 4 is 23.4 Å². The minimum Gasteiger partial charge on any atom is -0.469 e. The Bertz CT molecular complexity index is 1110. The first kappa shape index (κ1) is 19.6. The van der Waals surface area contributed by atoms with Crippen LogP contribution in [-0.2, 0) is 11.3 Å². The summed E-state index contributed by atoms with van der Waals surface area (Å²) >= 11 is 0.952. The number of carbonyl (C=O) groups excluding carboxylic acids is 1. The normalized spacial score (nSPS) is 11.1. The average Bonchev–Trinajstić information content (AvgIpc) is 3.28. The van der Waals surface area contributed by atoms with Crippen molar-refractivity contribution in [2.75, 3.05) is 25.2 Å². The standard InChI is InChI=1S/C16H17N5O6S/c1-8-9(3-5-26-8)14-19-20-16(27-14)28-7-10(22)11-12(17)21(4-6-25-2)15(24)18-13(11)23/h3,5H,4,6-7,17H2,1-2H3,(H,18,23,24). The molecule has 0 unspecified atom stereocenters. The fourth-order valence-electron chi connectivity index (χ4n) is 2.45. The van der Waals surface area contributed by atoms with Crippen LogP contribution in [0.15, 0.2) is 36.0 Å². The first-order valence-corrected chi connectivity index (χ1v) is 9.06. The van der Waals surface area contributed by atoms with Gasteiger partial charge in [-0.1, -0.05) is 11.8 Å². The number of aromatic amines is 1. The number of hydrogen-bond donors (Lipinski definition) is 2. The third-order valence-electron chi connectivity index (χ3n) is 3.86. The van der Waals surface area contributed by atoms with Crippen LogP contribution in [0.3, 0.4) is 0 Å². The van der Waals surface area contributed by atoms with Gasteiger partial charge in [0.05, 0.1) is 30.7 Å². The Morgan fingerprint density at radius 1 is 1.39 bits per heavy atom. The lowest BCUT2D eigenvalue weighted by molar-refractivity contribution is 0.102. The molecule has 12 heteroatoms. The Morgan fingerprint density at radius 3 is 2.86 bits per heavy atom. The lowest BCUT2D eigenvalue weighted by Crippen LogP contribution is -2.37. The number of hydrogen-bond acceptors (Lipinski definition) is 10. The van der Waals surface area contributed by atoms with Gasteiger partial charge < -0.3 is 19.3 Å². The molecule has 3 heterocycles. The van der Waals surface area contributed by atoms with Gasteiger partial charge >= 0.3 is 5.69 Å². The molecule has 0 aliphatic carbocycles. The van der Waals surface area contributed by atoms with Crippen molar-refractivity contribution in [3.05, 3.63) is 44.5 Å². The van der Waals surface area contributed by atoms with E-state index in [-0.39, 0.29) is 41.4 Å². The van der Waals surface area contributed by atoms with Gasteiger partial charge in [0.1, 0.15) is 17.1 Å². The number of H-pyrrole nitrogens is 1. The average molecular weight is 407 g/mol. The number of rotatable bonds is 8. The van der Waals surface area contributed by atoms with Crippen LogP contribution in [0.1, 0.15) is 16.1 Å². The molecule has 0 saturated carbocycles. The maximum Gasteiger partial charge on any atom is 0.330 e. The molecule has 0 atom stereocenters. The van der Waals surface area contributed by atoms with E-state index in [2.05, 4.69) is 15.2 Å². The third-order valence-corrected chi connectivity index (χ3v) is 4.68. The number of ether oxygens (including phenoxy) is 1. The lowest BCUT2D eigenvalue weighted by atomic mass is 10.2. The van der Waals surface area contributed by atoms with Gasteiger partial charge in [-0.15, -0.1) is 10.2 Å². The summed E-state index contributed by atoms with van der Waals surface area (Å²) in [6.07, 6.45) is 1.50. The number of anilines is 1. The number of methoxy groups -OCH3 is 1. The summed E-state index contributed by atoms with van der Waals surface area (Å²) in [4.78, 5) is 38.5. The van der Waals surface area contributed by atoms with E-state index in [4.69, 9.17) is 19.3 Å². The molecule has 11 nitrogen and oxygen atoms in total. The van der Waals surface area contributed by atoms with Gasteiger partial charge in [-0.05, 0) is 13.0 Å². The Balaban J connectivity index is 1.77. The number of nitrogens with two attached hydrogens (primary N) is 1. The van der Waals surface area contributed by atoms with Crippen LogP contribution >= 0.6 is 11.8 Å². The summed E-state index contributed by atoms with van der Waals surface area (Å²) < 4.78 is 16.7. The van der Waals surface area contributed by atoms with Crippen molar-refractivity contribution in [3.63, 3.8) is 0 Å². The number of aryl methyl sites for hydroxylation is 1. The van der Waals surface area contributed by atoms with Gasteiger partial charge in [-0.3, -0.25) is 19.1 Å². The van der Waals surface area contributed by atoms with Crippen molar-refractivity contribution in [2.45, 2.75) is 18.7 Å². The highest BCUT2D eigenvalue weighted by Crippen LogP contribution is 2.26. The van der Waals surface area contributed by atoms with E-state index in [1.54, 1.807) is 13.0 Å². The summed E-state index contributed by atoms with van der Waals surface area (Å²) in [5.41, 5.74) is 4.68. The Morgan fingerprint density at radius 2 is 2.18 bits per heavy atom. The molecule has 0 fully saturated rings. The maximum atomic E-state index is 12.5. The minimum atomic E-state index is -0.845. The molecule has 0 aliphatic heterocycles. The van der Waals surface area contributed by atoms with Crippen LogP contribution in [-0.4, -0.2) is 45.0 Å². The van der Waals surface area contributed by atoms with Gasteiger partial charge in [0.2, 0.25) is 0 Å². The number of nitrogen functional groups attached to an aromatic ring is 1. The molecule has 3 aromatic rings. The molecule has 0 saturated heterocycles. The molecule has 0 radical (unpaired) electrons. The molecule has 0 aliphatic rings. The molecule has 3 rings (SSSR count). The van der Waals surface area contributed by atoms with E-state index in [1.165, 1.54) is 13.4 Å². The number of thioether (sulfide) groups is 1. The quantitative estimate of drug-likeness (QED) is 0.402. The molecule has 0 bridgehead atoms. The van der Waals surface area contributed by atoms with Crippen LogP contribution in [0, 0.1) is 6.92 Å². The van der Waals surface area contributed by atoms with Crippen molar-refractivity contribution in [2.24, 2.45) is 0 Å². The molecule has 0 aromatic carbocycles. The first-order valence-electron chi connectivity index (χ1n) is 8.08. The monoisotopic (exact) mass is 407 g/mol. The topological polar surface area (TPSA) is 159 Å².